The van der Waals surface area contributed by atoms with Gasteiger partial charge in [-0.1, -0.05) is 0 Å². The molecule has 0 heterocycles. The number of hydrogen-bond donors (Lipinski definition) is 4. The van der Waals surface area contributed by atoms with Crippen molar-refractivity contribution in [3.8, 4) is 0 Å². The zero-order valence-electron chi connectivity index (χ0n) is 20.4. The highest BCUT2D eigenvalue weighted by Crippen LogP contribution is 2.23. The van der Waals surface area contributed by atoms with Gasteiger partial charge in [0.05, 0.1) is 12.6 Å². The van der Waals surface area contributed by atoms with Crippen molar-refractivity contribution in [3.05, 3.63) is 0 Å². The first-order chi connectivity index (χ1) is 15.4. The highest BCUT2D eigenvalue weighted by Gasteiger charge is 2.32. The minimum absolute atomic E-state index is 0.376. The first kappa shape index (κ1) is 34.7. The number of rotatable bonds is 8. The summed E-state index contributed by atoms with van der Waals surface area (Å²) in [6.07, 6.45) is -14.1. The van der Waals surface area contributed by atoms with Gasteiger partial charge in [0, 0.05) is 12.8 Å². The van der Waals surface area contributed by atoms with E-state index in [-0.39, 0.29) is 6.42 Å². The van der Waals surface area contributed by atoms with E-state index in [0.29, 0.717) is 0 Å². The summed E-state index contributed by atoms with van der Waals surface area (Å²) in [5.41, 5.74) is -1.58. The number of carbonyl (C=O) groups is 3. The molecule has 0 fully saturated rings. The van der Waals surface area contributed by atoms with E-state index in [1.54, 1.807) is 41.5 Å². The van der Waals surface area contributed by atoms with E-state index in [1.807, 2.05) is 5.32 Å². The van der Waals surface area contributed by atoms with Crippen LogP contribution >= 0.6 is 0 Å². The molecule has 0 saturated carbocycles. The molecule has 0 aliphatic heterocycles. The van der Waals surface area contributed by atoms with E-state index >= 15 is 0 Å². The maximum absolute atomic E-state index is 12.0. The number of halogens is 6. The second-order valence-electron chi connectivity index (χ2n) is 9.37. The second kappa shape index (κ2) is 14.2. The number of aliphatic hydroxyl groups is 1. The van der Waals surface area contributed by atoms with Crippen LogP contribution in [-0.2, 0) is 14.3 Å². The predicted octanol–water partition coefficient (Wildman–Crippen LogP) is 4.52. The van der Waals surface area contributed by atoms with E-state index in [0.717, 1.165) is 0 Å². The van der Waals surface area contributed by atoms with Crippen molar-refractivity contribution in [1.29, 1.82) is 0 Å². The van der Waals surface area contributed by atoms with Crippen molar-refractivity contribution >= 4 is 18.2 Å². The summed E-state index contributed by atoms with van der Waals surface area (Å²) in [7, 11) is 0. The summed E-state index contributed by atoms with van der Waals surface area (Å²) < 4.78 is 81.3. The Hall–Kier alpha value is -2.45. The smallest absolute Gasteiger partial charge is 0.408 e. The van der Waals surface area contributed by atoms with Crippen molar-refractivity contribution in [1.82, 2.24) is 10.6 Å². The lowest BCUT2D eigenvalue weighted by atomic mass is 10.1. The van der Waals surface area contributed by atoms with Crippen molar-refractivity contribution in [2.45, 2.75) is 103 Å². The summed E-state index contributed by atoms with van der Waals surface area (Å²) in [6.45, 7) is 9.01. The SMILES string of the molecule is CC(C)(C)OC(=O)NC(CCC(F)(F)F)C(=O)O.CC(C)(C)OC(=O)NC(CO)CCC(F)(F)F. The standard InChI is InChI=1S/C10H16F3NO4.C10H18F3NO3/c1-9(2,3)18-8(17)14-6(7(15)16)4-5-10(11,12)13;1-9(2,3)17-8(16)14-7(6-15)4-5-10(11,12)13/h6H,4-5H2,1-3H3,(H,14,17)(H,15,16);7,15H,4-6H2,1-3H3,(H,14,16). The topological polar surface area (TPSA) is 134 Å². The predicted molar refractivity (Wildman–Crippen MR) is 112 cm³/mol. The molecule has 0 aromatic heterocycles. The number of carbonyl (C=O) groups excluding carboxylic acids is 2. The first-order valence-corrected chi connectivity index (χ1v) is 10.4. The van der Waals surface area contributed by atoms with Gasteiger partial charge in [0.25, 0.3) is 0 Å². The molecular weight excluding hydrogens is 494 g/mol. The number of alkyl halides is 6. The fraction of sp³-hybridized carbons (Fsp3) is 0.850. The van der Waals surface area contributed by atoms with Crippen LogP contribution in [0, 0.1) is 0 Å². The number of carboxylic acid groups (broad SMARTS) is 1. The molecule has 35 heavy (non-hydrogen) atoms. The van der Waals surface area contributed by atoms with Gasteiger partial charge in [-0.05, 0) is 54.4 Å². The number of alkyl carbamates (subject to hydrolysis) is 2. The van der Waals surface area contributed by atoms with Gasteiger partial charge in [0.15, 0.2) is 0 Å². The van der Waals surface area contributed by atoms with Crippen LogP contribution < -0.4 is 10.6 Å². The average Bonchev–Trinajstić information content (AvgIpc) is 2.57. The van der Waals surface area contributed by atoms with Crippen molar-refractivity contribution in [2.24, 2.45) is 0 Å². The minimum atomic E-state index is -4.47. The molecule has 0 aromatic carbocycles. The van der Waals surface area contributed by atoms with Crippen LogP contribution in [-0.4, -0.2) is 70.6 Å². The third kappa shape index (κ3) is 24.5. The van der Waals surface area contributed by atoms with E-state index in [2.05, 4.69) is 5.32 Å². The quantitative estimate of drug-likeness (QED) is 0.340. The molecule has 0 radical (unpaired) electrons. The van der Waals surface area contributed by atoms with Crippen LogP contribution in [0.4, 0.5) is 35.9 Å². The van der Waals surface area contributed by atoms with Crippen LogP contribution in [0.1, 0.15) is 67.2 Å². The molecule has 208 valence electrons. The van der Waals surface area contributed by atoms with Gasteiger partial charge < -0.3 is 30.3 Å². The molecule has 0 aliphatic rings. The monoisotopic (exact) mass is 528 g/mol. The summed E-state index contributed by atoms with van der Waals surface area (Å²) >= 11 is 0. The maximum atomic E-state index is 12.0. The number of hydrogen-bond acceptors (Lipinski definition) is 6. The number of aliphatic carboxylic acids is 1. The molecule has 2 unspecified atom stereocenters. The zero-order valence-corrected chi connectivity index (χ0v) is 20.4. The fourth-order valence-corrected chi connectivity index (χ4v) is 2.04. The van der Waals surface area contributed by atoms with Crippen LogP contribution in [0.5, 0.6) is 0 Å². The lowest BCUT2D eigenvalue weighted by molar-refractivity contribution is -0.146. The summed E-state index contributed by atoms with van der Waals surface area (Å²) in [4.78, 5) is 33.1. The molecule has 9 nitrogen and oxygen atoms in total. The number of ether oxygens (including phenoxy) is 2. The molecule has 0 spiro atoms. The first-order valence-electron chi connectivity index (χ1n) is 10.4. The fourth-order valence-electron chi connectivity index (χ4n) is 2.04. The van der Waals surface area contributed by atoms with Gasteiger partial charge in [0.2, 0.25) is 0 Å². The van der Waals surface area contributed by atoms with Gasteiger partial charge in [-0.25, -0.2) is 14.4 Å². The van der Waals surface area contributed by atoms with Crippen LogP contribution in [0.3, 0.4) is 0 Å². The molecule has 0 aliphatic carbocycles. The Morgan fingerprint density at radius 1 is 0.743 bits per heavy atom. The van der Waals surface area contributed by atoms with Crippen molar-refractivity contribution in [2.75, 3.05) is 6.61 Å². The highest BCUT2D eigenvalue weighted by atomic mass is 19.4. The molecule has 0 bridgehead atoms. The summed E-state index contributed by atoms with van der Waals surface area (Å²) in [5.74, 6) is -1.54. The number of nitrogens with one attached hydrogen (secondary N) is 2. The maximum Gasteiger partial charge on any atom is 0.408 e. The van der Waals surface area contributed by atoms with E-state index in [1.165, 1.54) is 0 Å². The van der Waals surface area contributed by atoms with Gasteiger partial charge >= 0.3 is 30.5 Å². The highest BCUT2D eigenvalue weighted by molar-refractivity contribution is 5.79. The second-order valence-corrected chi connectivity index (χ2v) is 9.37. The molecule has 2 atom stereocenters. The number of carboxylic acids is 1. The van der Waals surface area contributed by atoms with Crippen LogP contribution in [0.15, 0.2) is 0 Å². The van der Waals surface area contributed by atoms with Crippen molar-refractivity contribution in [3.63, 3.8) is 0 Å². The van der Waals surface area contributed by atoms with Gasteiger partial charge in [-0.2, -0.15) is 26.3 Å². The molecule has 15 heteroatoms. The zero-order chi connectivity index (χ0) is 28.3. The largest absolute Gasteiger partial charge is 0.480 e. The van der Waals surface area contributed by atoms with Crippen molar-refractivity contribution < 1.29 is 60.4 Å². The molecule has 0 saturated heterocycles. The normalized spacial score (nSPS) is 14.1. The summed E-state index contributed by atoms with van der Waals surface area (Å²) in [6, 6.07) is -2.58. The van der Waals surface area contributed by atoms with Crippen LogP contribution in [0.25, 0.3) is 0 Å². The Bertz CT molecular complexity index is 671. The Balaban J connectivity index is 0. The van der Waals surface area contributed by atoms with Gasteiger partial charge in [-0.15, -0.1) is 0 Å². The molecule has 2 amide bonds. The molecule has 0 aromatic rings. The van der Waals surface area contributed by atoms with Crippen LogP contribution in [0.2, 0.25) is 0 Å². The lowest BCUT2D eigenvalue weighted by Gasteiger charge is -2.23. The molecule has 4 N–H and O–H groups in total. The number of aliphatic hydroxyl groups excluding tert-OH is 1. The van der Waals surface area contributed by atoms with Gasteiger partial charge in [0.1, 0.15) is 17.2 Å². The molecule has 0 rings (SSSR count). The number of amides is 2. The third-order valence-electron chi connectivity index (χ3n) is 3.42. The van der Waals surface area contributed by atoms with E-state index in [4.69, 9.17) is 19.7 Å². The van der Waals surface area contributed by atoms with E-state index < -0.39 is 79.7 Å². The minimum Gasteiger partial charge on any atom is -0.480 e. The molecular formula is C20H34F6N2O7. The third-order valence-corrected chi connectivity index (χ3v) is 3.42. The lowest BCUT2D eigenvalue weighted by Crippen LogP contribution is -2.43. The Morgan fingerprint density at radius 2 is 1.11 bits per heavy atom. The van der Waals surface area contributed by atoms with E-state index in [9.17, 15) is 40.7 Å². The summed E-state index contributed by atoms with van der Waals surface area (Å²) in [5, 5.41) is 21.6. The van der Waals surface area contributed by atoms with Gasteiger partial charge in [-0.3, -0.25) is 0 Å². The Kier molecular flexibility index (Phi) is 14.1. The Morgan fingerprint density at radius 3 is 1.43 bits per heavy atom. The Labute approximate surface area is 199 Å². The average molecular weight is 528 g/mol.